The van der Waals surface area contributed by atoms with Crippen LogP contribution >= 0.6 is 0 Å². The molecule has 1 aromatic carbocycles. The van der Waals surface area contributed by atoms with Crippen molar-refractivity contribution < 1.29 is 9.32 Å². The number of carbonyl (C=O) groups excluding carboxylic acids is 1. The number of hydrogen-bond acceptors (Lipinski definition) is 7. The van der Waals surface area contributed by atoms with Crippen molar-refractivity contribution in [2.45, 2.75) is 20.3 Å². The van der Waals surface area contributed by atoms with Gasteiger partial charge >= 0.3 is 0 Å². The van der Waals surface area contributed by atoms with Crippen molar-refractivity contribution in [2.75, 3.05) is 41.3 Å². The van der Waals surface area contributed by atoms with Gasteiger partial charge in [-0.1, -0.05) is 23.4 Å². The van der Waals surface area contributed by atoms with Crippen LogP contribution in [0.3, 0.4) is 0 Å². The van der Waals surface area contributed by atoms with Gasteiger partial charge < -0.3 is 19.6 Å². The first kappa shape index (κ1) is 18.9. The van der Waals surface area contributed by atoms with Gasteiger partial charge in [0.1, 0.15) is 23.7 Å². The quantitative estimate of drug-likeness (QED) is 0.714. The molecule has 0 aliphatic carbocycles. The maximum absolute atomic E-state index is 12.4. The summed E-state index contributed by atoms with van der Waals surface area (Å²) in [6.45, 7) is 7.19. The third kappa shape index (κ3) is 4.37. The highest BCUT2D eigenvalue weighted by Gasteiger charge is 2.19. The molecule has 1 aliphatic heterocycles. The van der Waals surface area contributed by atoms with Gasteiger partial charge in [0.05, 0.1) is 12.1 Å². The number of carbonyl (C=O) groups is 1. The molecular weight excluding hydrogens is 368 g/mol. The van der Waals surface area contributed by atoms with Crippen LogP contribution < -0.4 is 15.1 Å². The SMILES string of the molecule is Cc1noc(C)c1CC(=O)Nc1cc(N2CCN(c3ccccc3)CC2)ncn1. The Kier molecular flexibility index (Phi) is 5.41. The number of hydrogen-bond donors (Lipinski definition) is 1. The van der Waals surface area contributed by atoms with E-state index in [4.69, 9.17) is 4.52 Å². The van der Waals surface area contributed by atoms with Crippen LogP contribution in [0.25, 0.3) is 0 Å². The number of amides is 1. The second kappa shape index (κ2) is 8.30. The highest BCUT2D eigenvalue weighted by molar-refractivity contribution is 5.91. The predicted molar refractivity (Wildman–Crippen MR) is 111 cm³/mol. The van der Waals surface area contributed by atoms with Gasteiger partial charge in [-0.3, -0.25) is 4.79 Å². The molecule has 8 nitrogen and oxygen atoms in total. The van der Waals surface area contributed by atoms with E-state index >= 15 is 0 Å². The Morgan fingerprint density at radius 1 is 1.07 bits per heavy atom. The van der Waals surface area contributed by atoms with E-state index < -0.39 is 0 Å². The summed E-state index contributed by atoms with van der Waals surface area (Å²) >= 11 is 0. The molecule has 1 aliphatic rings. The van der Waals surface area contributed by atoms with Crippen molar-refractivity contribution in [3.05, 3.63) is 59.7 Å². The van der Waals surface area contributed by atoms with Crippen molar-refractivity contribution in [1.29, 1.82) is 0 Å². The summed E-state index contributed by atoms with van der Waals surface area (Å²) in [7, 11) is 0. The van der Waals surface area contributed by atoms with Gasteiger partial charge in [0.25, 0.3) is 0 Å². The van der Waals surface area contributed by atoms with E-state index in [0.29, 0.717) is 11.6 Å². The minimum Gasteiger partial charge on any atom is -0.368 e. The Balaban J connectivity index is 1.37. The number of rotatable bonds is 5. The van der Waals surface area contributed by atoms with Crippen LogP contribution in [-0.2, 0) is 11.2 Å². The smallest absolute Gasteiger partial charge is 0.230 e. The number of piperazine rings is 1. The van der Waals surface area contributed by atoms with E-state index in [1.165, 1.54) is 12.0 Å². The van der Waals surface area contributed by atoms with E-state index in [9.17, 15) is 4.79 Å². The van der Waals surface area contributed by atoms with Crippen LogP contribution in [0, 0.1) is 13.8 Å². The minimum atomic E-state index is -0.155. The summed E-state index contributed by atoms with van der Waals surface area (Å²) < 4.78 is 5.12. The fraction of sp³-hybridized carbons (Fsp3) is 0.333. The van der Waals surface area contributed by atoms with Crippen LogP contribution in [0.2, 0.25) is 0 Å². The fourth-order valence-corrected chi connectivity index (χ4v) is 3.52. The lowest BCUT2D eigenvalue weighted by Crippen LogP contribution is -2.46. The Morgan fingerprint density at radius 3 is 2.48 bits per heavy atom. The molecule has 150 valence electrons. The van der Waals surface area contributed by atoms with Crippen molar-refractivity contribution in [3.63, 3.8) is 0 Å². The second-order valence-corrected chi connectivity index (χ2v) is 7.10. The summed E-state index contributed by atoms with van der Waals surface area (Å²) in [5, 5.41) is 6.74. The number of aromatic nitrogens is 3. The first-order valence-corrected chi connectivity index (χ1v) is 9.69. The Labute approximate surface area is 169 Å². The zero-order valence-corrected chi connectivity index (χ0v) is 16.6. The third-order valence-electron chi connectivity index (χ3n) is 5.16. The highest BCUT2D eigenvalue weighted by atomic mass is 16.5. The summed E-state index contributed by atoms with van der Waals surface area (Å²) in [4.78, 5) is 25.6. The summed E-state index contributed by atoms with van der Waals surface area (Å²) in [5.41, 5.74) is 2.79. The molecule has 0 bridgehead atoms. The van der Waals surface area contributed by atoms with Crippen LogP contribution in [0.5, 0.6) is 0 Å². The van der Waals surface area contributed by atoms with Gasteiger partial charge in [-0.25, -0.2) is 9.97 Å². The third-order valence-corrected chi connectivity index (χ3v) is 5.16. The standard InChI is InChI=1S/C21H24N6O2/c1-15-18(16(2)29-25-15)12-21(28)24-19-13-20(23-14-22-19)27-10-8-26(9-11-27)17-6-4-3-5-7-17/h3-7,13-14H,8-12H2,1-2H3,(H,22,23,24,28). The number of para-hydroxylation sites is 1. The number of aryl methyl sites for hydroxylation is 2. The molecule has 1 amide bonds. The largest absolute Gasteiger partial charge is 0.368 e. The lowest BCUT2D eigenvalue weighted by Gasteiger charge is -2.36. The molecule has 0 atom stereocenters. The fourth-order valence-electron chi connectivity index (χ4n) is 3.52. The topological polar surface area (TPSA) is 87.4 Å². The number of nitrogens with one attached hydrogen (secondary N) is 1. The van der Waals surface area contributed by atoms with Crippen LogP contribution in [-0.4, -0.2) is 47.2 Å². The van der Waals surface area contributed by atoms with Gasteiger partial charge in [0.15, 0.2) is 0 Å². The number of benzene rings is 1. The molecule has 3 aromatic rings. The Bertz CT molecular complexity index is 960. The molecule has 4 rings (SSSR count). The minimum absolute atomic E-state index is 0.155. The molecule has 0 radical (unpaired) electrons. The van der Waals surface area contributed by atoms with Gasteiger partial charge in [-0.15, -0.1) is 0 Å². The van der Waals surface area contributed by atoms with E-state index in [1.807, 2.05) is 19.1 Å². The maximum Gasteiger partial charge on any atom is 0.230 e. The van der Waals surface area contributed by atoms with Crippen molar-refractivity contribution >= 4 is 23.2 Å². The van der Waals surface area contributed by atoms with Gasteiger partial charge in [0.2, 0.25) is 5.91 Å². The monoisotopic (exact) mass is 392 g/mol. The molecular formula is C21H24N6O2. The van der Waals surface area contributed by atoms with E-state index in [1.54, 1.807) is 6.92 Å². The van der Waals surface area contributed by atoms with Crippen LogP contribution in [0.1, 0.15) is 17.0 Å². The summed E-state index contributed by atoms with van der Waals surface area (Å²) in [6, 6.07) is 12.2. The van der Waals surface area contributed by atoms with E-state index in [0.717, 1.165) is 43.3 Å². The number of anilines is 3. The molecule has 0 saturated carbocycles. The normalized spacial score (nSPS) is 14.1. The second-order valence-electron chi connectivity index (χ2n) is 7.10. The van der Waals surface area contributed by atoms with Gasteiger partial charge in [-0.05, 0) is 26.0 Å². The summed E-state index contributed by atoms with van der Waals surface area (Å²) in [5.74, 6) is 1.83. The molecule has 29 heavy (non-hydrogen) atoms. The lowest BCUT2D eigenvalue weighted by atomic mass is 10.1. The molecule has 1 N–H and O–H groups in total. The zero-order valence-electron chi connectivity index (χ0n) is 16.6. The molecule has 1 saturated heterocycles. The van der Waals surface area contributed by atoms with Crippen LogP contribution in [0.4, 0.5) is 17.3 Å². The van der Waals surface area contributed by atoms with Crippen molar-refractivity contribution in [3.8, 4) is 0 Å². The Morgan fingerprint density at radius 2 is 1.79 bits per heavy atom. The average molecular weight is 392 g/mol. The van der Waals surface area contributed by atoms with Crippen molar-refractivity contribution in [1.82, 2.24) is 15.1 Å². The van der Waals surface area contributed by atoms with E-state index in [2.05, 4.69) is 54.5 Å². The first-order valence-electron chi connectivity index (χ1n) is 9.69. The lowest BCUT2D eigenvalue weighted by molar-refractivity contribution is -0.115. The molecule has 8 heteroatoms. The zero-order chi connectivity index (χ0) is 20.2. The van der Waals surface area contributed by atoms with E-state index in [-0.39, 0.29) is 12.3 Å². The van der Waals surface area contributed by atoms with Gasteiger partial charge in [0, 0.05) is 43.5 Å². The first-order chi connectivity index (χ1) is 14.1. The number of nitrogens with zero attached hydrogens (tertiary/aromatic N) is 5. The molecule has 1 fully saturated rings. The average Bonchev–Trinajstić information content (AvgIpc) is 3.07. The molecule has 0 unspecified atom stereocenters. The maximum atomic E-state index is 12.4. The molecule has 0 spiro atoms. The molecule has 2 aromatic heterocycles. The van der Waals surface area contributed by atoms with Crippen molar-refractivity contribution in [2.24, 2.45) is 0 Å². The highest BCUT2D eigenvalue weighted by Crippen LogP contribution is 2.20. The molecule has 3 heterocycles. The van der Waals surface area contributed by atoms with Crippen LogP contribution in [0.15, 0.2) is 47.2 Å². The summed E-state index contributed by atoms with van der Waals surface area (Å²) in [6.07, 6.45) is 1.70. The van der Waals surface area contributed by atoms with Gasteiger partial charge in [-0.2, -0.15) is 0 Å². The Hall–Kier alpha value is -3.42. The predicted octanol–water partition coefficient (Wildman–Crippen LogP) is 2.59.